The third-order valence-corrected chi connectivity index (χ3v) is 3.70. The molecule has 1 unspecified atom stereocenters. The summed E-state index contributed by atoms with van der Waals surface area (Å²) in [7, 11) is 1.74. The Labute approximate surface area is 131 Å². The second-order valence-corrected chi connectivity index (χ2v) is 5.54. The second-order valence-electron chi connectivity index (χ2n) is 4.26. The van der Waals surface area contributed by atoms with E-state index in [-0.39, 0.29) is 0 Å². The van der Waals surface area contributed by atoms with Crippen LogP contribution in [0.1, 0.15) is 0 Å². The predicted octanol–water partition coefficient (Wildman–Crippen LogP) is 4.59. The number of hydrogen-bond acceptors (Lipinski definition) is 3. The first-order valence-electron chi connectivity index (χ1n) is 5.88. The number of benzene rings is 2. The van der Waals surface area contributed by atoms with E-state index in [1.165, 1.54) is 0 Å². The van der Waals surface area contributed by atoms with Crippen LogP contribution in [0.25, 0.3) is 11.1 Å². The van der Waals surface area contributed by atoms with Crippen molar-refractivity contribution < 1.29 is 9.47 Å². The highest BCUT2D eigenvalue weighted by Gasteiger charge is 2.27. The Bertz CT molecular complexity index is 676. The monoisotopic (exact) mass is 329 g/mol. The van der Waals surface area contributed by atoms with Gasteiger partial charge in [-0.15, -0.1) is 0 Å². The summed E-state index contributed by atoms with van der Waals surface area (Å²) in [6.07, 6.45) is -0.534. The first kappa shape index (κ1) is 13.8. The molecule has 0 aliphatic carbocycles. The standard InChI is InChI=1S/C14H10Cl3NO2/c1-18-14-19-12-6-8(16)4-10(13(12)20-14)9-3-2-7(15)5-11(9)17/h2-6,14,18H,1H3. The first-order chi connectivity index (χ1) is 9.58. The molecule has 0 aromatic heterocycles. The van der Waals surface area contributed by atoms with Crippen LogP contribution >= 0.6 is 34.8 Å². The van der Waals surface area contributed by atoms with Crippen LogP contribution in [0.4, 0.5) is 0 Å². The lowest BCUT2D eigenvalue weighted by molar-refractivity contribution is 0.0257. The fraction of sp³-hybridized carbons (Fsp3) is 0.143. The third kappa shape index (κ3) is 2.42. The van der Waals surface area contributed by atoms with Crippen LogP contribution in [0.3, 0.4) is 0 Å². The van der Waals surface area contributed by atoms with Crippen molar-refractivity contribution in [3.05, 3.63) is 45.4 Å². The van der Waals surface area contributed by atoms with Crippen LogP contribution in [-0.4, -0.2) is 13.5 Å². The fourth-order valence-corrected chi connectivity index (χ4v) is 2.77. The van der Waals surface area contributed by atoms with E-state index in [0.717, 1.165) is 11.1 Å². The Morgan fingerprint density at radius 1 is 0.950 bits per heavy atom. The molecule has 104 valence electrons. The van der Waals surface area contributed by atoms with Gasteiger partial charge in [0.2, 0.25) is 0 Å². The Kier molecular flexibility index (Phi) is 3.69. The SMILES string of the molecule is CNC1Oc2cc(Cl)cc(-c3ccc(Cl)cc3Cl)c2O1. The van der Waals surface area contributed by atoms with E-state index >= 15 is 0 Å². The Morgan fingerprint density at radius 3 is 2.45 bits per heavy atom. The molecule has 0 saturated heterocycles. The normalized spacial score (nSPS) is 16.5. The zero-order chi connectivity index (χ0) is 14.3. The molecule has 0 bridgehead atoms. The maximum Gasteiger partial charge on any atom is 0.302 e. The number of halogens is 3. The van der Waals surface area contributed by atoms with Gasteiger partial charge in [-0.2, -0.15) is 0 Å². The lowest BCUT2D eigenvalue weighted by Crippen LogP contribution is -2.32. The second kappa shape index (κ2) is 5.34. The van der Waals surface area contributed by atoms with Crippen molar-refractivity contribution in [1.82, 2.24) is 5.32 Å². The lowest BCUT2D eigenvalue weighted by Gasteiger charge is -2.10. The van der Waals surface area contributed by atoms with E-state index in [1.54, 1.807) is 31.3 Å². The minimum absolute atomic E-state index is 0.526. The number of fused-ring (bicyclic) bond motifs is 1. The van der Waals surface area contributed by atoms with Gasteiger partial charge in [-0.3, -0.25) is 5.32 Å². The quantitative estimate of drug-likeness (QED) is 0.873. The molecule has 0 amide bonds. The summed E-state index contributed by atoms with van der Waals surface area (Å²) in [5.74, 6) is 1.19. The molecule has 0 radical (unpaired) electrons. The van der Waals surface area contributed by atoms with Crippen LogP contribution in [0.2, 0.25) is 15.1 Å². The Hall–Kier alpha value is -1.13. The minimum Gasteiger partial charge on any atom is -0.438 e. The van der Waals surface area contributed by atoms with E-state index < -0.39 is 6.41 Å². The highest BCUT2D eigenvalue weighted by molar-refractivity contribution is 6.36. The Balaban J connectivity index is 2.15. The zero-order valence-electron chi connectivity index (χ0n) is 10.4. The smallest absolute Gasteiger partial charge is 0.302 e. The molecule has 1 aliphatic rings. The van der Waals surface area contributed by atoms with Gasteiger partial charge in [0.15, 0.2) is 11.5 Å². The van der Waals surface area contributed by atoms with Gasteiger partial charge in [-0.25, -0.2) is 0 Å². The predicted molar refractivity (Wildman–Crippen MR) is 81.0 cm³/mol. The molecule has 2 aromatic carbocycles. The molecule has 1 heterocycles. The molecule has 3 rings (SSSR count). The van der Waals surface area contributed by atoms with E-state index in [0.29, 0.717) is 26.6 Å². The number of nitrogens with one attached hydrogen (secondary N) is 1. The van der Waals surface area contributed by atoms with E-state index in [2.05, 4.69) is 5.32 Å². The summed E-state index contributed by atoms with van der Waals surface area (Å²) in [6.45, 7) is 0. The summed E-state index contributed by atoms with van der Waals surface area (Å²) in [6, 6.07) is 8.77. The van der Waals surface area contributed by atoms with Crippen molar-refractivity contribution in [3.63, 3.8) is 0 Å². The summed E-state index contributed by atoms with van der Waals surface area (Å²) in [5, 5.41) is 4.54. The maximum absolute atomic E-state index is 6.25. The van der Waals surface area contributed by atoms with Crippen LogP contribution in [0.15, 0.2) is 30.3 Å². The lowest BCUT2D eigenvalue weighted by atomic mass is 10.0. The van der Waals surface area contributed by atoms with Crippen molar-refractivity contribution in [2.75, 3.05) is 7.05 Å². The average Bonchev–Trinajstić information content (AvgIpc) is 2.81. The van der Waals surface area contributed by atoms with Gasteiger partial charge in [0.1, 0.15) is 0 Å². The van der Waals surface area contributed by atoms with Crippen molar-refractivity contribution in [1.29, 1.82) is 0 Å². The van der Waals surface area contributed by atoms with Crippen molar-refractivity contribution in [2.45, 2.75) is 6.41 Å². The number of ether oxygens (including phenoxy) is 2. The van der Waals surface area contributed by atoms with E-state index in [4.69, 9.17) is 44.3 Å². The largest absolute Gasteiger partial charge is 0.438 e. The van der Waals surface area contributed by atoms with Gasteiger partial charge in [0.25, 0.3) is 0 Å². The minimum atomic E-state index is -0.534. The molecule has 1 aliphatic heterocycles. The molecular weight excluding hydrogens is 321 g/mol. The first-order valence-corrected chi connectivity index (χ1v) is 7.01. The Morgan fingerprint density at radius 2 is 1.75 bits per heavy atom. The van der Waals surface area contributed by atoms with Gasteiger partial charge < -0.3 is 9.47 Å². The van der Waals surface area contributed by atoms with Crippen LogP contribution in [0, 0.1) is 0 Å². The number of hydrogen-bond donors (Lipinski definition) is 1. The highest BCUT2D eigenvalue weighted by Crippen LogP contribution is 2.46. The molecule has 0 fully saturated rings. The molecule has 1 N–H and O–H groups in total. The van der Waals surface area contributed by atoms with Gasteiger partial charge in [-0.05, 0) is 25.2 Å². The summed E-state index contributed by atoms with van der Waals surface area (Å²) < 4.78 is 11.3. The highest BCUT2D eigenvalue weighted by atomic mass is 35.5. The summed E-state index contributed by atoms with van der Waals surface area (Å²) in [5.41, 5.74) is 1.56. The van der Waals surface area contributed by atoms with Crippen molar-refractivity contribution in [2.24, 2.45) is 0 Å². The van der Waals surface area contributed by atoms with E-state index in [1.807, 2.05) is 6.07 Å². The maximum atomic E-state index is 6.25. The van der Waals surface area contributed by atoms with Gasteiger partial charge in [0.05, 0.1) is 5.02 Å². The van der Waals surface area contributed by atoms with Crippen LogP contribution in [0.5, 0.6) is 11.5 Å². The van der Waals surface area contributed by atoms with Crippen LogP contribution < -0.4 is 14.8 Å². The molecule has 3 nitrogen and oxygen atoms in total. The van der Waals surface area contributed by atoms with Crippen molar-refractivity contribution in [3.8, 4) is 22.6 Å². The molecule has 0 saturated carbocycles. The number of rotatable bonds is 2. The van der Waals surface area contributed by atoms with Crippen molar-refractivity contribution >= 4 is 34.8 Å². The van der Waals surface area contributed by atoms with Gasteiger partial charge >= 0.3 is 6.41 Å². The van der Waals surface area contributed by atoms with Gasteiger partial charge in [0, 0.05) is 27.2 Å². The molecular formula is C14H10Cl3NO2. The zero-order valence-corrected chi connectivity index (χ0v) is 12.7. The molecule has 20 heavy (non-hydrogen) atoms. The third-order valence-electron chi connectivity index (χ3n) is 2.94. The van der Waals surface area contributed by atoms with Crippen LogP contribution in [-0.2, 0) is 0 Å². The fourth-order valence-electron chi connectivity index (χ4n) is 2.05. The average molecular weight is 331 g/mol. The molecule has 6 heteroatoms. The molecule has 0 spiro atoms. The van der Waals surface area contributed by atoms with E-state index in [9.17, 15) is 0 Å². The molecule has 2 aromatic rings. The van der Waals surface area contributed by atoms with Gasteiger partial charge in [-0.1, -0.05) is 40.9 Å². The summed E-state index contributed by atoms with van der Waals surface area (Å²) in [4.78, 5) is 0. The summed E-state index contributed by atoms with van der Waals surface area (Å²) >= 11 is 18.3. The topological polar surface area (TPSA) is 30.5 Å². The molecule has 1 atom stereocenters.